The Morgan fingerprint density at radius 1 is 1.29 bits per heavy atom. The van der Waals surface area contributed by atoms with Crippen molar-refractivity contribution in [1.29, 1.82) is 0 Å². The van der Waals surface area contributed by atoms with Crippen molar-refractivity contribution in [2.45, 2.75) is 26.2 Å². The van der Waals surface area contributed by atoms with Crippen LogP contribution >= 0.6 is 11.5 Å². The van der Waals surface area contributed by atoms with Gasteiger partial charge in [0.05, 0.1) is 12.7 Å². The molecule has 0 aliphatic rings. The molecule has 1 heterocycles. The summed E-state index contributed by atoms with van der Waals surface area (Å²) >= 11 is 1.12. The predicted molar refractivity (Wildman–Crippen MR) is 78.6 cm³/mol. The molecule has 0 spiro atoms. The summed E-state index contributed by atoms with van der Waals surface area (Å²) < 4.78 is 15.0. The highest BCUT2D eigenvalue weighted by Gasteiger charge is 2.21. The Morgan fingerprint density at radius 2 is 2.00 bits per heavy atom. The fourth-order valence-corrected chi connectivity index (χ4v) is 2.27. The van der Waals surface area contributed by atoms with Gasteiger partial charge in [0.15, 0.2) is 17.3 Å². The van der Waals surface area contributed by atoms with E-state index in [1.165, 1.54) is 19.2 Å². The molecule has 1 aromatic heterocycles. The van der Waals surface area contributed by atoms with Crippen LogP contribution in [-0.4, -0.2) is 27.5 Å². The molecule has 0 bridgehead atoms. The number of rotatable bonds is 4. The van der Waals surface area contributed by atoms with Gasteiger partial charge in [-0.2, -0.15) is 9.36 Å². The summed E-state index contributed by atoms with van der Waals surface area (Å²) in [6.45, 7) is 6.01. The number of aromatic nitrogens is 2. The summed E-state index contributed by atoms with van der Waals surface area (Å²) in [5.41, 5.74) is -0.0585. The molecule has 0 atom stereocenters. The molecule has 0 saturated carbocycles. The van der Waals surface area contributed by atoms with Crippen LogP contribution in [0.4, 0.5) is 0 Å². The number of hydrogen-bond acceptors (Lipinski definition) is 6. The molecule has 0 aliphatic carbocycles. The third kappa shape index (κ3) is 3.49. The van der Waals surface area contributed by atoms with Crippen molar-refractivity contribution in [3.05, 3.63) is 29.6 Å². The average molecular weight is 308 g/mol. The van der Waals surface area contributed by atoms with E-state index in [1.807, 2.05) is 20.8 Å². The lowest BCUT2D eigenvalue weighted by atomic mass is 9.96. The number of carbonyl (C=O) groups is 1. The molecular formula is C14H16N2O4S. The minimum Gasteiger partial charge on any atom is -0.493 e. The number of ether oxygens (including phenoxy) is 2. The van der Waals surface area contributed by atoms with Gasteiger partial charge in [-0.05, 0) is 18.2 Å². The monoisotopic (exact) mass is 308 g/mol. The van der Waals surface area contributed by atoms with E-state index in [0.717, 1.165) is 11.5 Å². The molecule has 2 rings (SSSR count). The third-order valence-electron chi connectivity index (χ3n) is 2.69. The Balaban J connectivity index is 2.32. The Kier molecular flexibility index (Phi) is 4.13. The van der Waals surface area contributed by atoms with Gasteiger partial charge >= 0.3 is 5.97 Å². The van der Waals surface area contributed by atoms with Gasteiger partial charge in [-0.25, -0.2) is 4.79 Å². The van der Waals surface area contributed by atoms with E-state index in [0.29, 0.717) is 22.5 Å². The standard InChI is InChI=1S/C14H16N2O4S/c1-14(2,3)12-15-13(21-16-12)20-10-7-8(11(17)18)5-6-9(10)19-4/h5-7H,1-4H3,(H,17,18). The number of methoxy groups -OCH3 is 1. The zero-order valence-electron chi connectivity index (χ0n) is 12.2. The lowest BCUT2D eigenvalue weighted by Crippen LogP contribution is -2.12. The zero-order chi connectivity index (χ0) is 15.6. The van der Waals surface area contributed by atoms with Crippen molar-refractivity contribution in [3.63, 3.8) is 0 Å². The van der Waals surface area contributed by atoms with Crippen molar-refractivity contribution in [2.24, 2.45) is 0 Å². The Bertz CT molecular complexity index is 661. The molecule has 21 heavy (non-hydrogen) atoms. The van der Waals surface area contributed by atoms with Crippen LogP contribution in [0.2, 0.25) is 0 Å². The SMILES string of the molecule is COc1ccc(C(=O)O)cc1Oc1nc(C(C)(C)C)ns1. The van der Waals surface area contributed by atoms with E-state index in [-0.39, 0.29) is 11.0 Å². The van der Waals surface area contributed by atoms with Crippen molar-refractivity contribution < 1.29 is 19.4 Å². The maximum atomic E-state index is 11.0. The predicted octanol–water partition coefficient (Wildman–Crippen LogP) is 3.33. The lowest BCUT2D eigenvalue weighted by Gasteiger charge is -2.12. The minimum atomic E-state index is -1.03. The lowest BCUT2D eigenvalue weighted by molar-refractivity contribution is 0.0696. The molecule has 0 saturated heterocycles. The van der Waals surface area contributed by atoms with E-state index in [9.17, 15) is 4.79 Å². The number of benzene rings is 1. The van der Waals surface area contributed by atoms with Crippen molar-refractivity contribution >= 4 is 17.5 Å². The van der Waals surface area contributed by atoms with Gasteiger partial charge in [0.1, 0.15) is 0 Å². The first-order valence-electron chi connectivity index (χ1n) is 6.24. The molecule has 0 radical (unpaired) electrons. The maximum Gasteiger partial charge on any atom is 0.335 e. The number of carboxylic acids is 1. The van der Waals surface area contributed by atoms with Crippen molar-refractivity contribution in [2.75, 3.05) is 7.11 Å². The van der Waals surface area contributed by atoms with Gasteiger partial charge in [-0.3, -0.25) is 0 Å². The van der Waals surface area contributed by atoms with E-state index >= 15 is 0 Å². The smallest absolute Gasteiger partial charge is 0.335 e. The molecule has 7 heteroatoms. The highest BCUT2D eigenvalue weighted by atomic mass is 32.1. The highest BCUT2D eigenvalue weighted by Crippen LogP contribution is 2.34. The maximum absolute atomic E-state index is 11.0. The van der Waals surface area contributed by atoms with E-state index in [1.54, 1.807) is 6.07 Å². The number of nitrogens with zero attached hydrogens (tertiary/aromatic N) is 2. The van der Waals surface area contributed by atoms with Crippen LogP contribution in [0, 0.1) is 0 Å². The minimum absolute atomic E-state index is 0.117. The molecule has 6 nitrogen and oxygen atoms in total. The first-order valence-corrected chi connectivity index (χ1v) is 7.02. The second kappa shape index (κ2) is 5.69. The quantitative estimate of drug-likeness (QED) is 0.933. The number of carboxylic acid groups (broad SMARTS) is 1. The van der Waals surface area contributed by atoms with Gasteiger partial charge in [0, 0.05) is 16.9 Å². The fraction of sp³-hybridized carbons (Fsp3) is 0.357. The second-order valence-electron chi connectivity index (χ2n) is 5.41. The molecular weight excluding hydrogens is 292 g/mol. The summed E-state index contributed by atoms with van der Waals surface area (Å²) in [6.07, 6.45) is 0. The van der Waals surface area contributed by atoms with Crippen LogP contribution in [0.5, 0.6) is 16.7 Å². The average Bonchev–Trinajstić information content (AvgIpc) is 2.87. The normalized spacial score (nSPS) is 11.2. The topological polar surface area (TPSA) is 81.5 Å². The van der Waals surface area contributed by atoms with Gasteiger partial charge in [-0.15, -0.1) is 0 Å². The Labute approximate surface area is 126 Å². The molecule has 1 N–H and O–H groups in total. The van der Waals surface area contributed by atoms with Crippen LogP contribution in [-0.2, 0) is 5.41 Å². The van der Waals surface area contributed by atoms with Gasteiger partial charge < -0.3 is 14.6 Å². The molecule has 0 unspecified atom stereocenters. The van der Waals surface area contributed by atoms with E-state index < -0.39 is 5.97 Å². The summed E-state index contributed by atoms with van der Waals surface area (Å²) in [7, 11) is 1.49. The van der Waals surface area contributed by atoms with Gasteiger partial charge in [-0.1, -0.05) is 20.8 Å². The van der Waals surface area contributed by atoms with Crippen LogP contribution in [0.3, 0.4) is 0 Å². The Hall–Kier alpha value is -2.15. The van der Waals surface area contributed by atoms with Crippen LogP contribution in [0.15, 0.2) is 18.2 Å². The number of aromatic carboxylic acids is 1. The first kappa shape index (κ1) is 15.2. The highest BCUT2D eigenvalue weighted by molar-refractivity contribution is 7.07. The van der Waals surface area contributed by atoms with Crippen LogP contribution < -0.4 is 9.47 Å². The Morgan fingerprint density at radius 3 is 2.52 bits per heavy atom. The summed E-state index contributed by atoms with van der Waals surface area (Å²) in [5, 5.41) is 9.38. The summed E-state index contributed by atoms with van der Waals surface area (Å²) in [4.78, 5) is 15.3. The van der Waals surface area contributed by atoms with Crippen LogP contribution in [0.25, 0.3) is 0 Å². The molecule has 0 aliphatic heterocycles. The molecule has 112 valence electrons. The van der Waals surface area contributed by atoms with E-state index in [4.69, 9.17) is 14.6 Å². The van der Waals surface area contributed by atoms with E-state index in [2.05, 4.69) is 9.36 Å². The molecule has 2 aromatic rings. The summed E-state index contributed by atoms with van der Waals surface area (Å²) in [5.74, 6) is 0.382. The van der Waals surface area contributed by atoms with Gasteiger partial charge in [0.25, 0.3) is 5.19 Å². The van der Waals surface area contributed by atoms with Gasteiger partial charge in [0.2, 0.25) is 0 Å². The number of hydrogen-bond donors (Lipinski definition) is 1. The fourth-order valence-electron chi connectivity index (χ4n) is 1.54. The largest absolute Gasteiger partial charge is 0.493 e. The summed E-state index contributed by atoms with van der Waals surface area (Å²) in [6, 6.07) is 4.40. The van der Waals surface area contributed by atoms with Crippen molar-refractivity contribution in [1.82, 2.24) is 9.36 Å². The zero-order valence-corrected chi connectivity index (χ0v) is 13.0. The molecule has 0 fully saturated rings. The van der Waals surface area contributed by atoms with Crippen LogP contribution in [0.1, 0.15) is 37.0 Å². The second-order valence-corrected chi connectivity index (χ2v) is 6.12. The molecule has 1 aromatic carbocycles. The molecule has 0 amide bonds. The van der Waals surface area contributed by atoms with Crippen molar-refractivity contribution in [3.8, 4) is 16.7 Å². The first-order chi connectivity index (χ1) is 9.81. The third-order valence-corrected chi connectivity index (χ3v) is 3.28.